The lowest BCUT2D eigenvalue weighted by atomic mass is 9.97. The van der Waals surface area contributed by atoms with Crippen molar-refractivity contribution in [3.63, 3.8) is 0 Å². The van der Waals surface area contributed by atoms with Crippen LogP contribution >= 0.6 is 0 Å². The van der Waals surface area contributed by atoms with E-state index >= 15 is 0 Å². The molecule has 0 bridgehead atoms. The molecule has 1 atom stereocenters. The maximum absolute atomic E-state index is 11.8. The Morgan fingerprint density at radius 2 is 2.12 bits per heavy atom. The van der Waals surface area contributed by atoms with E-state index in [9.17, 15) is 9.59 Å². The molecule has 1 unspecified atom stereocenters. The van der Waals surface area contributed by atoms with Gasteiger partial charge in [-0.05, 0) is 26.7 Å². The Morgan fingerprint density at radius 3 is 2.69 bits per heavy atom. The fourth-order valence-corrected chi connectivity index (χ4v) is 1.89. The van der Waals surface area contributed by atoms with Crippen LogP contribution < -0.4 is 5.32 Å². The van der Waals surface area contributed by atoms with Crippen LogP contribution in [0, 0.1) is 5.92 Å². The second-order valence-corrected chi connectivity index (χ2v) is 4.42. The maximum atomic E-state index is 11.8. The molecule has 0 aromatic carbocycles. The van der Waals surface area contributed by atoms with Gasteiger partial charge in [-0.2, -0.15) is 0 Å². The average molecular weight is 228 g/mol. The molecule has 1 aliphatic rings. The average Bonchev–Trinajstić information content (AvgIpc) is 2.27. The zero-order chi connectivity index (χ0) is 12.1. The van der Waals surface area contributed by atoms with E-state index in [0.29, 0.717) is 13.1 Å². The molecule has 5 heteroatoms. The Balaban J connectivity index is 2.50. The molecule has 1 N–H and O–H groups in total. The summed E-state index contributed by atoms with van der Waals surface area (Å²) < 4.78 is 4.65. The number of amides is 2. The lowest BCUT2D eigenvalue weighted by molar-refractivity contribution is -0.126. The minimum Gasteiger partial charge on any atom is -0.453 e. The van der Waals surface area contributed by atoms with Crippen molar-refractivity contribution in [2.24, 2.45) is 5.92 Å². The highest BCUT2D eigenvalue weighted by atomic mass is 16.5. The quantitative estimate of drug-likeness (QED) is 0.766. The number of likely N-dealkylation sites (tertiary alicyclic amines) is 1. The minimum atomic E-state index is -0.345. The second-order valence-electron chi connectivity index (χ2n) is 4.42. The van der Waals surface area contributed by atoms with Crippen molar-refractivity contribution in [3.8, 4) is 0 Å². The van der Waals surface area contributed by atoms with Gasteiger partial charge in [0.05, 0.1) is 13.0 Å². The van der Waals surface area contributed by atoms with E-state index in [-0.39, 0.29) is 24.0 Å². The predicted octanol–water partition coefficient (Wildman–Crippen LogP) is 0.989. The summed E-state index contributed by atoms with van der Waals surface area (Å²) in [7, 11) is 1.36. The number of nitrogens with one attached hydrogen (secondary N) is 1. The molecule has 2 amide bonds. The van der Waals surface area contributed by atoms with Gasteiger partial charge in [-0.1, -0.05) is 0 Å². The van der Waals surface area contributed by atoms with Crippen LogP contribution in [0.5, 0.6) is 0 Å². The number of hydrogen-bond acceptors (Lipinski definition) is 3. The van der Waals surface area contributed by atoms with Crippen LogP contribution in [0.3, 0.4) is 0 Å². The summed E-state index contributed by atoms with van der Waals surface area (Å²) in [6.45, 7) is 5.00. The Morgan fingerprint density at radius 1 is 1.44 bits per heavy atom. The molecule has 1 fully saturated rings. The molecule has 0 saturated carbocycles. The zero-order valence-corrected chi connectivity index (χ0v) is 10.2. The van der Waals surface area contributed by atoms with Gasteiger partial charge < -0.3 is 15.0 Å². The standard InChI is InChI=1S/C11H20N2O3/c1-8(2)12-10(14)9-5-4-6-13(7-9)11(15)16-3/h8-9H,4-7H2,1-3H3,(H,12,14). The molecule has 0 aromatic heterocycles. The third kappa shape index (κ3) is 3.40. The van der Waals surface area contributed by atoms with Crippen LogP contribution in [-0.4, -0.2) is 43.1 Å². The molecule has 0 aromatic rings. The van der Waals surface area contributed by atoms with E-state index < -0.39 is 0 Å². The number of nitrogens with zero attached hydrogens (tertiary/aromatic N) is 1. The largest absolute Gasteiger partial charge is 0.453 e. The number of methoxy groups -OCH3 is 1. The molecule has 1 aliphatic heterocycles. The van der Waals surface area contributed by atoms with E-state index in [1.165, 1.54) is 7.11 Å². The first-order valence-corrected chi connectivity index (χ1v) is 5.68. The first-order chi connectivity index (χ1) is 7.54. The summed E-state index contributed by atoms with van der Waals surface area (Å²) in [5.41, 5.74) is 0. The van der Waals surface area contributed by atoms with Crippen LogP contribution in [0.4, 0.5) is 4.79 Å². The number of ether oxygens (including phenoxy) is 1. The van der Waals surface area contributed by atoms with Crippen molar-refractivity contribution in [2.45, 2.75) is 32.7 Å². The van der Waals surface area contributed by atoms with Gasteiger partial charge in [-0.3, -0.25) is 4.79 Å². The van der Waals surface area contributed by atoms with Crippen LogP contribution in [0.25, 0.3) is 0 Å². The summed E-state index contributed by atoms with van der Waals surface area (Å²) >= 11 is 0. The minimum absolute atomic E-state index is 0.0311. The number of carbonyl (C=O) groups is 2. The molecule has 0 aliphatic carbocycles. The Hall–Kier alpha value is -1.26. The van der Waals surface area contributed by atoms with Gasteiger partial charge >= 0.3 is 6.09 Å². The molecular weight excluding hydrogens is 208 g/mol. The Kier molecular flexibility index (Phi) is 4.58. The van der Waals surface area contributed by atoms with Gasteiger partial charge in [0.1, 0.15) is 0 Å². The van der Waals surface area contributed by atoms with Crippen molar-refractivity contribution >= 4 is 12.0 Å². The number of rotatable bonds is 2. The SMILES string of the molecule is COC(=O)N1CCCC(C(=O)NC(C)C)C1. The predicted molar refractivity (Wildman–Crippen MR) is 60.0 cm³/mol. The van der Waals surface area contributed by atoms with Gasteiger partial charge in [0.25, 0.3) is 0 Å². The van der Waals surface area contributed by atoms with Crippen molar-refractivity contribution in [2.75, 3.05) is 20.2 Å². The second kappa shape index (κ2) is 5.72. The van der Waals surface area contributed by atoms with Crippen molar-refractivity contribution in [1.82, 2.24) is 10.2 Å². The van der Waals surface area contributed by atoms with Gasteiger partial charge in [0, 0.05) is 19.1 Å². The highest BCUT2D eigenvalue weighted by molar-refractivity contribution is 5.80. The molecule has 1 rings (SSSR count). The number of carbonyl (C=O) groups excluding carboxylic acids is 2. The fourth-order valence-electron chi connectivity index (χ4n) is 1.89. The Bertz CT molecular complexity index is 266. The first kappa shape index (κ1) is 12.8. The topological polar surface area (TPSA) is 58.6 Å². The van der Waals surface area contributed by atoms with E-state index in [1.807, 2.05) is 13.8 Å². The van der Waals surface area contributed by atoms with Crippen LogP contribution in [0.1, 0.15) is 26.7 Å². The smallest absolute Gasteiger partial charge is 0.409 e. The Labute approximate surface area is 96.1 Å². The van der Waals surface area contributed by atoms with Crippen LogP contribution in [-0.2, 0) is 9.53 Å². The van der Waals surface area contributed by atoms with Gasteiger partial charge in [-0.25, -0.2) is 4.79 Å². The normalized spacial score (nSPS) is 20.8. The van der Waals surface area contributed by atoms with Crippen molar-refractivity contribution < 1.29 is 14.3 Å². The summed E-state index contributed by atoms with van der Waals surface area (Å²) in [4.78, 5) is 24.7. The van der Waals surface area contributed by atoms with Crippen molar-refractivity contribution in [1.29, 1.82) is 0 Å². The molecule has 16 heavy (non-hydrogen) atoms. The first-order valence-electron chi connectivity index (χ1n) is 5.68. The van der Waals surface area contributed by atoms with Crippen LogP contribution in [0.2, 0.25) is 0 Å². The molecule has 5 nitrogen and oxygen atoms in total. The van der Waals surface area contributed by atoms with Gasteiger partial charge in [-0.15, -0.1) is 0 Å². The summed E-state index contributed by atoms with van der Waals surface area (Å²) in [5, 5.41) is 2.87. The third-order valence-electron chi connectivity index (χ3n) is 2.66. The van der Waals surface area contributed by atoms with E-state index in [2.05, 4.69) is 10.1 Å². The summed E-state index contributed by atoms with van der Waals surface area (Å²) in [6.07, 6.45) is 1.35. The summed E-state index contributed by atoms with van der Waals surface area (Å²) in [6, 6.07) is 0.140. The molecule has 0 radical (unpaired) electrons. The van der Waals surface area contributed by atoms with Crippen molar-refractivity contribution in [3.05, 3.63) is 0 Å². The molecule has 1 heterocycles. The molecule has 92 valence electrons. The number of piperidine rings is 1. The molecular formula is C11H20N2O3. The fraction of sp³-hybridized carbons (Fsp3) is 0.818. The zero-order valence-electron chi connectivity index (χ0n) is 10.2. The molecule has 1 saturated heterocycles. The van der Waals surface area contributed by atoms with Gasteiger partial charge in [0.2, 0.25) is 5.91 Å². The molecule has 0 spiro atoms. The van der Waals surface area contributed by atoms with Gasteiger partial charge in [0.15, 0.2) is 0 Å². The monoisotopic (exact) mass is 228 g/mol. The van der Waals surface area contributed by atoms with Crippen LogP contribution in [0.15, 0.2) is 0 Å². The van der Waals surface area contributed by atoms with E-state index in [1.54, 1.807) is 4.90 Å². The lowest BCUT2D eigenvalue weighted by Crippen LogP contribution is -2.46. The summed E-state index contributed by atoms with van der Waals surface area (Å²) in [5.74, 6) is -0.0705. The van der Waals surface area contributed by atoms with E-state index in [0.717, 1.165) is 12.8 Å². The maximum Gasteiger partial charge on any atom is 0.409 e. The highest BCUT2D eigenvalue weighted by Gasteiger charge is 2.28. The van der Waals surface area contributed by atoms with E-state index in [4.69, 9.17) is 0 Å². The highest BCUT2D eigenvalue weighted by Crippen LogP contribution is 2.17. The third-order valence-corrected chi connectivity index (χ3v) is 2.66. The number of hydrogen-bond donors (Lipinski definition) is 1. The lowest BCUT2D eigenvalue weighted by Gasteiger charge is -2.31.